The van der Waals surface area contributed by atoms with Crippen molar-refractivity contribution >= 4 is 11.1 Å². The van der Waals surface area contributed by atoms with Crippen molar-refractivity contribution in [3.8, 4) is 0 Å². The topological polar surface area (TPSA) is 56.0 Å². The summed E-state index contributed by atoms with van der Waals surface area (Å²) in [7, 11) is 0. The van der Waals surface area contributed by atoms with E-state index in [0.29, 0.717) is 17.1 Å². The van der Waals surface area contributed by atoms with Crippen molar-refractivity contribution in [2.24, 2.45) is 0 Å². The van der Waals surface area contributed by atoms with Crippen LogP contribution in [-0.2, 0) is 6.42 Å². The van der Waals surface area contributed by atoms with E-state index in [1.807, 2.05) is 13.8 Å². The normalized spacial score (nSPS) is 10.9. The maximum absolute atomic E-state index is 11.4. The van der Waals surface area contributed by atoms with E-state index in [0.717, 1.165) is 17.4 Å². The van der Waals surface area contributed by atoms with E-state index < -0.39 is 0 Å². The Morgan fingerprint density at radius 3 is 2.73 bits per heavy atom. The van der Waals surface area contributed by atoms with Gasteiger partial charge in [-0.05, 0) is 19.4 Å². The minimum absolute atomic E-state index is 0.319. The lowest BCUT2D eigenvalue weighted by molar-refractivity contribution is 0.539. The van der Waals surface area contributed by atoms with E-state index in [2.05, 4.69) is 9.97 Å². The first-order chi connectivity index (χ1) is 7.13. The summed E-state index contributed by atoms with van der Waals surface area (Å²) in [6, 6.07) is 0. The van der Waals surface area contributed by atoms with Gasteiger partial charge in [-0.2, -0.15) is 4.98 Å². The minimum Gasteiger partial charge on any atom is -0.403 e. The molecule has 2 aromatic heterocycles. The number of nitrogens with zero attached hydrogens (tertiary/aromatic N) is 2. The molecule has 78 valence electrons. The fourth-order valence-electron chi connectivity index (χ4n) is 1.43. The van der Waals surface area contributed by atoms with Crippen molar-refractivity contribution in [1.29, 1.82) is 0 Å². The van der Waals surface area contributed by atoms with Crippen molar-refractivity contribution in [2.45, 2.75) is 27.2 Å². The summed E-state index contributed by atoms with van der Waals surface area (Å²) in [5.41, 5.74) is 1.58. The molecule has 0 radical (unpaired) electrons. The summed E-state index contributed by atoms with van der Waals surface area (Å²) in [4.78, 5) is 19.8. The third kappa shape index (κ3) is 1.52. The monoisotopic (exact) mass is 204 g/mol. The van der Waals surface area contributed by atoms with Crippen LogP contribution in [-0.4, -0.2) is 9.97 Å². The zero-order valence-corrected chi connectivity index (χ0v) is 9.00. The van der Waals surface area contributed by atoms with Crippen molar-refractivity contribution in [1.82, 2.24) is 9.97 Å². The van der Waals surface area contributed by atoms with Gasteiger partial charge in [0.05, 0.1) is 5.39 Å². The highest BCUT2D eigenvalue weighted by Crippen LogP contribution is 2.16. The fourth-order valence-corrected chi connectivity index (χ4v) is 1.43. The predicted octanol–water partition coefficient (Wildman–Crippen LogP) is 1.76. The molecule has 2 rings (SSSR count). The van der Waals surface area contributed by atoms with Crippen LogP contribution in [0.5, 0.6) is 0 Å². The molecule has 0 saturated carbocycles. The highest BCUT2D eigenvalue weighted by molar-refractivity contribution is 5.76. The van der Waals surface area contributed by atoms with E-state index in [1.54, 1.807) is 13.1 Å². The lowest BCUT2D eigenvalue weighted by Gasteiger charge is -2.03. The summed E-state index contributed by atoms with van der Waals surface area (Å²) in [5, 5.41) is 0.810. The molecule has 0 fully saturated rings. The number of aromatic nitrogens is 2. The molecule has 0 unspecified atom stereocenters. The van der Waals surface area contributed by atoms with Gasteiger partial charge in [0.15, 0.2) is 0 Å². The van der Waals surface area contributed by atoms with Gasteiger partial charge in [0.25, 0.3) is 0 Å². The maximum atomic E-state index is 11.4. The van der Waals surface area contributed by atoms with Gasteiger partial charge in [-0.3, -0.25) is 0 Å². The van der Waals surface area contributed by atoms with Gasteiger partial charge in [0.1, 0.15) is 5.82 Å². The molecule has 0 aliphatic carbocycles. The van der Waals surface area contributed by atoms with Crippen LogP contribution in [0.2, 0.25) is 0 Å². The molecule has 0 amide bonds. The Labute approximate surface area is 87.0 Å². The molecule has 2 heterocycles. The van der Waals surface area contributed by atoms with E-state index >= 15 is 0 Å². The second kappa shape index (κ2) is 3.46. The Balaban J connectivity index is 2.86. The Morgan fingerprint density at radius 1 is 1.33 bits per heavy atom. The van der Waals surface area contributed by atoms with E-state index in [9.17, 15) is 4.79 Å². The van der Waals surface area contributed by atoms with Gasteiger partial charge < -0.3 is 4.42 Å². The standard InChI is InChI=1S/C11H12N2O2/c1-4-9-12-5-8-6(2)7(3)11(14)15-10(8)13-9/h5H,4H2,1-3H3. The number of rotatable bonds is 1. The van der Waals surface area contributed by atoms with Crippen LogP contribution in [0, 0.1) is 13.8 Å². The summed E-state index contributed by atoms with van der Waals surface area (Å²) in [6.45, 7) is 5.58. The average molecular weight is 204 g/mol. The Hall–Kier alpha value is -1.71. The molecule has 0 spiro atoms. The summed E-state index contributed by atoms with van der Waals surface area (Å²) in [6.07, 6.45) is 2.44. The van der Waals surface area contributed by atoms with Gasteiger partial charge in [-0.25, -0.2) is 9.78 Å². The van der Waals surface area contributed by atoms with E-state index in [1.165, 1.54) is 0 Å². The Kier molecular flexibility index (Phi) is 2.26. The zero-order valence-electron chi connectivity index (χ0n) is 9.00. The summed E-state index contributed by atoms with van der Waals surface area (Å²) < 4.78 is 5.11. The van der Waals surface area contributed by atoms with Crippen LogP contribution >= 0.6 is 0 Å². The zero-order chi connectivity index (χ0) is 11.0. The molecule has 0 bridgehead atoms. The van der Waals surface area contributed by atoms with Crippen molar-refractivity contribution < 1.29 is 4.42 Å². The SMILES string of the molecule is CCc1ncc2c(C)c(C)c(=O)oc2n1. The number of aryl methyl sites for hydroxylation is 2. The van der Waals surface area contributed by atoms with Gasteiger partial charge in [0.2, 0.25) is 5.71 Å². The number of hydrogen-bond donors (Lipinski definition) is 0. The largest absolute Gasteiger partial charge is 0.403 e. The quantitative estimate of drug-likeness (QED) is 0.710. The predicted molar refractivity (Wildman–Crippen MR) is 56.9 cm³/mol. The highest BCUT2D eigenvalue weighted by atomic mass is 16.4. The summed E-state index contributed by atoms with van der Waals surface area (Å²) in [5.74, 6) is 0.689. The van der Waals surface area contributed by atoms with Crippen molar-refractivity contribution in [2.75, 3.05) is 0 Å². The first kappa shape index (κ1) is 9.83. The fraction of sp³-hybridized carbons (Fsp3) is 0.364. The van der Waals surface area contributed by atoms with Crippen molar-refractivity contribution in [3.05, 3.63) is 33.6 Å². The maximum Gasteiger partial charge on any atom is 0.340 e. The third-order valence-corrected chi connectivity index (χ3v) is 2.58. The van der Waals surface area contributed by atoms with Crippen LogP contribution in [0.25, 0.3) is 11.1 Å². The third-order valence-electron chi connectivity index (χ3n) is 2.58. The van der Waals surface area contributed by atoms with Gasteiger partial charge in [0, 0.05) is 18.2 Å². The van der Waals surface area contributed by atoms with Crippen LogP contribution in [0.3, 0.4) is 0 Å². The first-order valence-corrected chi connectivity index (χ1v) is 4.89. The molecule has 0 aliphatic heterocycles. The van der Waals surface area contributed by atoms with E-state index in [-0.39, 0.29) is 5.63 Å². The number of fused-ring (bicyclic) bond motifs is 1. The second-order valence-corrected chi connectivity index (χ2v) is 3.50. The molecule has 0 saturated heterocycles. The lowest BCUT2D eigenvalue weighted by atomic mass is 10.1. The molecular weight excluding hydrogens is 192 g/mol. The lowest BCUT2D eigenvalue weighted by Crippen LogP contribution is -2.07. The molecule has 0 aliphatic rings. The Bertz CT molecular complexity index is 573. The molecule has 15 heavy (non-hydrogen) atoms. The van der Waals surface area contributed by atoms with E-state index in [4.69, 9.17) is 4.42 Å². The van der Waals surface area contributed by atoms with Gasteiger partial charge >= 0.3 is 5.63 Å². The van der Waals surface area contributed by atoms with Gasteiger partial charge in [-0.1, -0.05) is 6.92 Å². The smallest absolute Gasteiger partial charge is 0.340 e. The van der Waals surface area contributed by atoms with Crippen LogP contribution in [0.4, 0.5) is 0 Å². The molecule has 0 aromatic carbocycles. The summed E-state index contributed by atoms with van der Waals surface area (Å²) >= 11 is 0. The number of hydrogen-bond acceptors (Lipinski definition) is 4. The molecular formula is C11H12N2O2. The minimum atomic E-state index is -0.319. The molecule has 0 atom stereocenters. The highest BCUT2D eigenvalue weighted by Gasteiger charge is 2.09. The Morgan fingerprint density at radius 2 is 2.07 bits per heavy atom. The average Bonchev–Trinajstić information content (AvgIpc) is 2.25. The molecule has 2 aromatic rings. The molecule has 4 heteroatoms. The van der Waals surface area contributed by atoms with Crippen LogP contribution < -0.4 is 5.63 Å². The second-order valence-electron chi connectivity index (χ2n) is 3.50. The first-order valence-electron chi connectivity index (χ1n) is 4.89. The molecule has 0 N–H and O–H groups in total. The molecule has 4 nitrogen and oxygen atoms in total. The van der Waals surface area contributed by atoms with Crippen LogP contribution in [0.1, 0.15) is 23.9 Å². The van der Waals surface area contributed by atoms with Gasteiger partial charge in [-0.15, -0.1) is 0 Å². The van der Waals surface area contributed by atoms with Crippen molar-refractivity contribution in [3.63, 3.8) is 0 Å². The van der Waals surface area contributed by atoms with Crippen LogP contribution in [0.15, 0.2) is 15.4 Å².